The molecule has 1 aromatic heterocycles. The van der Waals surface area contributed by atoms with Crippen molar-refractivity contribution < 1.29 is 4.39 Å². The lowest BCUT2D eigenvalue weighted by Crippen LogP contribution is -2.06. The van der Waals surface area contributed by atoms with Crippen molar-refractivity contribution in [3.05, 3.63) is 76.3 Å². The Morgan fingerprint density at radius 2 is 1.76 bits per heavy atom. The normalized spacial score (nSPS) is 10.6. The predicted octanol–water partition coefficient (Wildman–Crippen LogP) is 5.24. The van der Waals surface area contributed by atoms with E-state index in [1.54, 1.807) is 24.3 Å². The van der Waals surface area contributed by atoms with E-state index in [2.05, 4.69) is 20.6 Å². The molecule has 2 aromatic carbocycles. The fourth-order valence-electron chi connectivity index (χ4n) is 2.42. The summed E-state index contributed by atoms with van der Waals surface area (Å²) in [5.41, 5.74) is 2.52. The van der Waals surface area contributed by atoms with E-state index in [9.17, 15) is 4.39 Å². The third-order valence-electron chi connectivity index (χ3n) is 3.72. The minimum Gasteiger partial charge on any atom is -0.366 e. The van der Waals surface area contributed by atoms with Crippen molar-refractivity contribution in [2.45, 2.75) is 20.4 Å². The summed E-state index contributed by atoms with van der Waals surface area (Å²) in [4.78, 5) is 8.74. The van der Waals surface area contributed by atoms with Gasteiger partial charge in [0.2, 0.25) is 0 Å². The first kappa shape index (κ1) is 17.2. The molecule has 0 aliphatic rings. The second kappa shape index (κ2) is 7.49. The number of nitrogens with one attached hydrogen (secondary N) is 2. The number of benzene rings is 2. The van der Waals surface area contributed by atoms with Crippen molar-refractivity contribution in [3.8, 4) is 0 Å². The maximum absolute atomic E-state index is 13.7. The Balaban J connectivity index is 1.78. The molecule has 3 rings (SSSR count). The fourth-order valence-corrected chi connectivity index (χ4v) is 2.59. The lowest BCUT2D eigenvalue weighted by Gasteiger charge is -2.12. The van der Waals surface area contributed by atoms with Crippen LogP contribution in [0.25, 0.3) is 0 Å². The molecule has 1 heterocycles. The van der Waals surface area contributed by atoms with Gasteiger partial charge < -0.3 is 10.6 Å². The van der Waals surface area contributed by atoms with Crippen LogP contribution in [0.15, 0.2) is 48.5 Å². The van der Waals surface area contributed by atoms with Gasteiger partial charge in [0.15, 0.2) is 0 Å². The van der Waals surface area contributed by atoms with Crippen molar-refractivity contribution in [3.63, 3.8) is 0 Å². The Morgan fingerprint density at radius 3 is 2.56 bits per heavy atom. The van der Waals surface area contributed by atoms with Crippen LogP contribution in [0.4, 0.5) is 21.7 Å². The van der Waals surface area contributed by atoms with Gasteiger partial charge in [-0.15, -0.1) is 0 Å². The smallest absolute Gasteiger partial charge is 0.136 e. The van der Waals surface area contributed by atoms with Crippen molar-refractivity contribution in [1.29, 1.82) is 0 Å². The van der Waals surface area contributed by atoms with E-state index in [1.807, 2.05) is 32.0 Å². The number of anilines is 3. The minimum atomic E-state index is -0.242. The first-order valence-electron chi connectivity index (χ1n) is 7.87. The highest BCUT2D eigenvalue weighted by molar-refractivity contribution is 6.30. The summed E-state index contributed by atoms with van der Waals surface area (Å²) in [6, 6.07) is 14.1. The molecule has 0 saturated carbocycles. The summed E-state index contributed by atoms with van der Waals surface area (Å²) in [7, 11) is 0. The largest absolute Gasteiger partial charge is 0.366 e. The Bertz CT molecular complexity index is 898. The zero-order chi connectivity index (χ0) is 17.8. The van der Waals surface area contributed by atoms with Crippen LogP contribution in [0.3, 0.4) is 0 Å². The van der Waals surface area contributed by atoms with E-state index >= 15 is 0 Å². The number of hydrogen-bond donors (Lipinski definition) is 2. The highest BCUT2D eigenvalue weighted by Gasteiger charge is 2.06. The van der Waals surface area contributed by atoms with E-state index in [-0.39, 0.29) is 5.82 Å². The van der Waals surface area contributed by atoms with Gasteiger partial charge in [-0.3, -0.25) is 0 Å². The van der Waals surface area contributed by atoms with E-state index in [0.717, 1.165) is 11.3 Å². The molecule has 0 saturated heterocycles. The molecule has 3 aromatic rings. The number of halogens is 2. The number of aromatic nitrogens is 2. The van der Waals surface area contributed by atoms with Gasteiger partial charge in [0.1, 0.15) is 23.3 Å². The van der Waals surface area contributed by atoms with Gasteiger partial charge in [0.25, 0.3) is 0 Å². The molecule has 6 heteroatoms. The molecule has 128 valence electrons. The maximum Gasteiger partial charge on any atom is 0.136 e. The summed E-state index contributed by atoms with van der Waals surface area (Å²) < 4.78 is 13.7. The molecule has 2 N–H and O–H groups in total. The first-order chi connectivity index (χ1) is 12.0. The Morgan fingerprint density at radius 1 is 1.00 bits per heavy atom. The average molecular weight is 357 g/mol. The van der Waals surface area contributed by atoms with Crippen molar-refractivity contribution in [2.24, 2.45) is 0 Å². The van der Waals surface area contributed by atoms with E-state index in [4.69, 9.17) is 11.6 Å². The van der Waals surface area contributed by atoms with Gasteiger partial charge in [0, 0.05) is 28.9 Å². The fraction of sp³-hybridized carbons (Fsp3) is 0.158. The van der Waals surface area contributed by atoms with Gasteiger partial charge in [-0.1, -0.05) is 35.9 Å². The maximum atomic E-state index is 13.7. The number of rotatable bonds is 5. The monoisotopic (exact) mass is 356 g/mol. The van der Waals surface area contributed by atoms with Gasteiger partial charge in [-0.2, -0.15) is 0 Å². The van der Waals surface area contributed by atoms with Crippen LogP contribution in [0.5, 0.6) is 0 Å². The summed E-state index contributed by atoms with van der Waals surface area (Å²) in [5, 5.41) is 7.04. The van der Waals surface area contributed by atoms with Gasteiger partial charge in [-0.05, 0) is 37.6 Å². The zero-order valence-electron chi connectivity index (χ0n) is 14.0. The van der Waals surface area contributed by atoms with Crippen LogP contribution >= 0.6 is 11.6 Å². The zero-order valence-corrected chi connectivity index (χ0v) is 14.7. The van der Waals surface area contributed by atoms with Crippen molar-refractivity contribution >= 4 is 28.9 Å². The van der Waals surface area contributed by atoms with Crippen LogP contribution < -0.4 is 10.6 Å². The molecule has 0 radical (unpaired) electrons. The highest BCUT2D eigenvalue weighted by Crippen LogP contribution is 2.24. The summed E-state index contributed by atoms with van der Waals surface area (Å²) >= 11 is 6.06. The molecule has 0 atom stereocenters. The van der Waals surface area contributed by atoms with Crippen LogP contribution in [-0.2, 0) is 6.54 Å². The molecule has 25 heavy (non-hydrogen) atoms. The van der Waals surface area contributed by atoms with Crippen molar-refractivity contribution in [1.82, 2.24) is 9.97 Å². The quantitative estimate of drug-likeness (QED) is 0.656. The van der Waals surface area contributed by atoms with Gasteiger partial charge in [-0.25, -0.2) is 14.4 Å². The predicted molar refractivity (Wildman–Crippen MR) is 100.0 cm³/mol. The second-order valence-corrected chi connectivity index (χ2v) is 6.15. The minimum absolute atomic E-state index is 0.242. The molecular formula is C19H18ClFN4. The van der Waals surface area contributed by atoms with Crippen molar-refractivity contribution in [2.75, 3.05) is 10.6 Å². The Labute approximate surface area is 151 Å². The summed E-state index contributed by atoms with van der Waals surface area (Å²) in [6.45, 7) is 4.15. The third-order valence-corrected chi connectivity index (χ3v) is 3.95. The molecule has 0 amide bonds. The number of hydrogen-bond acceptors (Lipinski definition) is 4. The topological polar surface area (TPSA) is 49.8 Å². The molecule has 0 aliphatic heterocycles. The van der Waals surface area contributed by atoms with E-state index in [1.165, 1.54) is 6.07 Å². The first-order valence-corrected chi connectivity index (χ1v) is 8.25. The van der Waals surface area contributed by atoms with Crippen LogP contribution in [-0.4, -0.2) is 9.97 Å². The van der Waals surface area contributed by atoms with Crippen LogP contribution in [0, 0.1) is 19.7 Å². The molecule has 0 unspecified atom stereocenters. The van der Waals surface area contributed by atoms with E-state index in [0.29, 0.717) is 34.6 Å². The molecular weight excluding hydrogens is 339 g/mol. The number of nitrogens with zero attached hydrogens (tertiary/aromatic N) is 2. The Hall–Kier alpha value is -2.66. The molecule has 0 bridgehead atoms. The summed E-state index contributed by atoms with van der Waals surface area (Å²) in [6.07, 6.45) is 0. The molecule has 0 spiro atoms. The van der Waals surface area contributed by atoms with Gasteiger partial charge >= 0.3 is 0 Å². The van der Waals surface area contributed by atoms with E-state index < -0.39 is 0 Å². The molecule has 0 fully saturated rings. The standard InChI is InChI=1S/C19H18ClFN4/c1-12-7-8-15(20)9-17(12)25-19-10-18(23-13(2)24-19)22-11-14-5-3-4-6-16(14)21/h3-10H,11H2,1-2H3,(H2,22,23,24,25). The van der Waals surface area contributed by atoms with Crippen LogP contribution in [0.2, 0.25) is 5.02 Å². The summed E-state index contributed by atoms with van der Waals surface area (Å²) in [5.74, 6) is 1.64. The SMILES string of the molecule is Cc1nc(NCc2ccccc2F)cc(Nc2cc(Cl)ccc2C)n1. The third kappa shape index (κ3) is 4.45. The average Bonchev–Trinajstić information content (AvgIpc) is 2.57. The Kier molecular flexibility index (Phi) is 5.14. The lowest BCUT2D eigenvalue weighted by atomic mass is 10.2. The molecule has 4 nitrogen and oxygen atoms in total. The van der Waals surface area contributed by atoms with Gasteiger partial charge in [0.05, 0.1) is 0 Å². The number of aryl methyl sites for hydroxylation is 2. The molecule has 0 aliphatic carbocycles. The van der Waals surface area contributed by atoms with Crippen LogP contribution in [0.1, 0.15) is 17.0 Å². The second-order valence-electron chi connectivity index (χ2n) is 5.71. The lowest BCUT2D eigenvalue weighted by molar-refractivity contribution is 0.613. The highest BCUT2D eigenvalue weighted by atomic mass is 35.5.